The van der Waals surface area contributed by atoms with Crippen LogP contribution in [0.2, 0.25) is 0 Å². The van der Waals surface area contributed by atoms with Gasteiger partial charge in [-0.25, -0.2) is 4.79 Å². The van der Waals surface area contributed by atoms with Crippen LogP contribution in [0.15, 0.2) is 49.3 Å². The zero-order valence-electron chi connectivity index (χ0n) is 16.8. The van der Waals surface area contributed by atoms with Crippen molar-refractivity contribution in [3.8, 4) is 10.8 Å². The van der Waals surface area contributed by atoms with Crippen LogP contribution < -0.4 is 10.5 Å². The molecule has 0 aliphatic heterocycles. The molecule has 6 nitrogen and oxygen atoms in total. The van der Waals surface area contributed by atoms with Crippen molar-refractivity contribution in [1.82, 2.24) is 10.2 Å². The van der Waals surface area contributed by atoms with E-state index in [-0.39, 0.29) is 5.63 Å². The van der Waals surface area contributed by atoms with E-state index in [2.05, 4.69) is 23.2 Å². The van der Waals surface area contributed by atoms with Crippen LogP contribution in [0.1, 0.15) is 35.9 Å². The Bertz CT molecular complexity index is 1180. The van der Waals surface area contributed by atoms with Crippen molar-refractivity contribution in [3.05, 3.63) is 68.7 Å². The molecule has 4 aromatic rings. The lowest BCUT2D eigenvalue weighted by Crippen LogP contribution is -3.09. The van der Waals surface area contributed by atoms with Crippen molar-refractivity contribution in [2.24, 2.45) is 0 Å². The SMILES string of the molecule is CCC[NH+](Cc1nnc(-c2cccs2)o1)Cc1cc(=O)oc2c(C)c(C)ccc12. The largest absolute Gasteiger partial charge is 0.422 e. The van der Waals surface area contributed by atoms with E-state index in [1.165, 1.54) is 4.90 Å². The molecule has 1 aromatic carbocycles. The Morgan fingerprint density at radius 3 is 2.72 bits per heavy atom. The monoisotopic (exact) mass is 410 g/mol. The molecule has 0 aliphatic carbocycles. The lowest BCUT2D eigenvalue weighted by atomic mass is 10.0. The van der Waals surface area contributed by atoms with Crippen molar-refractivity contribution < 1.29 is 13.7 Å². The summed E-state index contributed by atoms with van der Waals surface area (Å²) in [5.41, 5.74) is 3.48. The quantitative estimate of drug-likeness (QED) is 0.472. The van der Waals surface area contributed by atoms with Crippen molar-refractivity contribution in [2.75, 3.05) is 6.54 Å². The zero-order chi connectivity index (χ0) is 20.4. The molecule has 150 valence electrons. The predicted molar refractivity (Wildman–Crippen MR) is 113 cm³/mol. The van der Waals surface area contributed by atoms with Gasteiger partial charge in [-0.3, -0.25) is 0 Å². The summed E-state index contributed by atoms with van der Waals surface area (Å²) in [6, 6.07) is 9.66. The van der Waals surface area contributed by atoms with Gasteiger partial charge in [-0.05, 0) is 42.8 Å². The van der Waals surface area contributed by atoms with E-state index in [0.717, 1.165) is 39.9 Å². The maximum absolute atomic E-state index is 12.2. The number of benzene rings is 1. The number of hydrogen-bond donors (Lipinski definition) is 1. The van der Waals surface area contributed by atoms with E-state index in [1.54, 1.807) is 17.4 Å². The van der Waals surface area contributed by atoms with Crippen LogP contribution in [-0.2, 0) is 13.1 Å². The average Bonchev–Trinajstić information content (AvgIpc) is 3.37. The molecule has 0 spiro atoms. The smallest absolute Gasteiger partial charge is 0.336 e. The summed E-state index contributed by atoms with van der Waals surface area (Å²) in [5, 5.41) is 11.4. The molecule has 0 saturated heterocycles. The highest BCUT2D eigenvalue weighted by Crippen LogP contribution is 2.24. The van der Waals surface area contributed by atoms with E-state index in [1.807, 2.05) is 37.4 Å². The van der Waals surface area contributed by atoms with E-state index in [0.29, 0.717) is 30.5 Å². The van der Waals surface area contributed by atoms with Crippen LogP contribution in [0.3, 0.4) is 0 Å². The Balaban J connectivity index is 1.62. The van der Waals surface area contributed by atoms with Gasteiger partial charge in [0, 0.05) is 17.0 Å². The van der Waals surface area contributed by atoms with Crippen LogP contribution in [-0.4, -0.2) is 16.7 Å². The fourth-order valence-corrected chi connectivity index (χ4v) is 4.22. The Morgan fingerprint density at radius 1 is 1.10 bits per heavy atom. The molecule has 0 fully saturated rings. The number of quaternary nitrogens is 1. The minimum atomic E-state index is -0.310. The summed E-state index contributed by atoms with van der Waals surface area (Å²) in [7, 11) is 0. The number of fused-ring (bicyclic) bond motifs is 1. The van der Waals surface area contributed by atoms with E-state index in [4.69, 9.17) is 8.83 Å². The Morgan fingerprint density at radius 2 is 1.97 bits per heavy atom. The molecular formula is C22H24N3O3S+. The van der Waals surface area contributed by atoms with E-state index < -0.39 is 0 Å². The van der Waals surface area contributed by atoms with Crippen LogP contribution in [0.25, 0.3) is 21.7 Å². The lowest BCUT2D eigenvalue weighted by molar-refractivity contribution is -0.928. The van der Waals surface area contributed by atoms with Crippen molar-refractivity contribution in [2.45, 2.75) is 40.3 Å². The Hall–Kier alpha value is -2.77. The summed E-state index contributed by atoms with van der Waals surface area (Å²) >= 11 is 1.58. The summed E-state index contributed by atoms with van der Waals surface area (Å²) in [4.78, 5) is 14.4. The van der Waals surface area contributed by atoms with Gasteiger partial charge in [-0.15, -0.1) is 21.5 Å². The molecule has 3 aromatic heterocycles. The van der Waals surface area contributed by atoms with Crippen molar-refractivity contribution in [3.63, 3.8) is 0 Å². The third-order valence-corrected chi connectivity index (χ3v) is 6.02. The highest BCUT2D eigenvalue weighted by molar-refractivity contribution is 7.13. The maximum atomic E-state index is 12.2. The molecule has 0 saturated carbocycles. The second-order valence-electron chi connectivity index (χ2n) is 7.31. The maximum Gasteiger partial charge on any atom is 0.336 e. The number of nitrogens with zero attached hydrogens (tertiary/aromatic N) is 2. The second-order valence-corrected chi connectivity index (χ2v) is 8.25. The summed E-state index contributed by atoms with van der Waals surface area (Å²) in [6.45, 7) is 8.40. The highest BCUT2D eigenvalue weighted by atomic mass is 32.1. The van der Waals surface area contributed by atoms with Gasteiger partial charge in [0.05, 0.1) is 11.4 Å². The topological polar surface area (TPSA) is 73.6 Å². The van der Waals surface area contributed by atoms with Crippen LogP contribution in [0.4, 0.5) is 0 Å². The van der Waals surface area contributed by atoms with Gasteiger partial charge in [0.15, 0.2) is 6.54 Å². The molecule has 0 amide bonds. The number of hydrogen-bond acceptors (Lipinski definition) is 6. The predicted octanol–water partition coefficient (Wildman–Crippen LogP) is 3.52. The molecule has 0 aliphatic rings. The molecule has 3 heterocycles. The van der Waals surface area contributed by atoms with Gasteiger partial charge >= 0.3 is 5.63 Å². The third-order valence-electron chi connectivity index (χ3n) is 5.16. The van der Waals surface area contributed by atoms with Crippen molar-refractivity contribution in [1.29, 1.82) is 0 Å². The first-order valence-corrected chi connectivity index (χ1v) is 10.7. The molecule has 29 heavy (non-hydrogen) atoms. The van der Waals surface area contributed by atoms with Gasteiger partial charge < -0.3 is 13.7 Å². The van der Waals surface area contributed by atoms with E-state index >= 15 is 0 Å². The van der Waals surface area contributed by atoms with Crippen molar-refractivity contribution >= 4 is 22.3 Å². The molecule has 0 radical (unpaired) electrons. The number of thiophene rings is 1. The minimum absolute atomic E-state index is 0.310. The summed E-state index contributed by atoms with van der Waals surface area (Å²) < 4.78 is 11.4. The van der Waals surface area contributed by atoms with Gasteiger partial charge in [0.25, 0.3) is 11.8 Å². The first-order valence-electron chi connectivity index (χ1n) is 9.78. The third kappa shape index (κ3) is 4.16. The van der Waals surface area contributed by atoms with Gasteiger partial charge in [-0.1, -0.05) is 25.1 Å². The molecular weight excluding hydrogens is 386 g/mol. The second kappa shape index (κ2) is 8.31. The minimum Gasteiger partial charge on any atom is -0.422 e. The first-order chi connectivity index (χ1) is 14.0. The Kier molecular flexibility index (Phi) is 5.60. The molecule has 7 heteroatoms. The fraction of sp³-hybridized carbons (Fsp3) is 0.318. The number of aryl methyl sites for hydroxylation is 2. The zero-order valence-corrected chi connectivity index (χ0v) is 17.6. The van der Waals surface area contributed by atoms with Crippen LogP contribution >= 0.6 is 11.3 Å². The molecule has 1 N–H and O–H groups in total. The van der Waals surface area contributed by atoms with Gasteiger partial charge in [0.1, 0.15) is 12.1 Å². The molecule has 1 unspecified atom stereocenters. The van der Waals surface area contributed by atoms with E-state index in [9.17, 15) is 4.79 Å². The first kappa shape index (κ1) is 19.5. The molecule has 1 atom stereocenters. The number of nitrogens with one attached hydrogen (secondary N) is 1. The molecule has 4 rings (SSSR count). The molecule has 0 bridgehead atoms. The summed E-state index contributed by atoms with van der Waals surface area (Å²) in [5.74, 6) is 1.17. The Labute approximate surface area is 172 Å². The normalized spacial score (nSPS) is 12.5. The fourth-order valence-electron chi connectivity index (χ4n) is 3.57. The van der Waals surface area contributed by atoms with Crippen LogP contribution in [0, 0.1) is 13.8 Å². The number of aromatic nitrogens is 2. The average molecular weight is 411 g/mol. The van der Waals surface area contributed by atoms with Gasteiger partial charge in [0.2, 0.25) is 0 Å². The highest BCUT2D eigenvalue weighted by Gasteiger charge is 2.19. The standard InChI is InChI=1S/C22H23N3O3S/c1-4-9-25(13-19-23-24-22(27-19)18-6-5-10-29-18)12-16-11-20(26)28-21-15(3)14(2)7-8-17(16)21/h5-8,10-11H,4,9,12-13H2,1-3H3/p+1. The lowest BCUT2D eigenvalue weighted by Gasteiger charge is -2.18. The van der Waals surface area contributed by atoms with Gasteiger partial charge in [-0.2, -0.15) is 0 Å². The van der Waals surface area contributed by atoms with Crippen LogP contribution in [0.5, 0.6) is 0 Å². The summed E-state index contributed by atoms with van der Waals surface area (Å²) in [6.07, 6.45) is 1.01. The number of rotatable bonds is 7.